The first-order chi connectivity index (χ1) is 11.9. The van der Waals surface area contributed by atoms with Crippen molar-refractivity contribution in [3.8, 4) is 0 Å². The van der Waals surface area contributed by atoms with Gasteiger partial charge in [0.25, 0.3) is 0 Å². The SMILES string of the molecule is Nc1ccc(N(c2ccccc2)c2ccccc2)cc1SS(=O)(=O)O. The van der Waals surface area contributed by atoms with Crippen LogP contribution in [0, 0.1) is 0 Å². The monoisotopic (exact) mass is 372 g/mol. The van der Waals surface area contributed by atoms with Crippen LogP contribution in [-0.2, 0) is 9.15 Å². The predicted molar refractivity (Wildman–Crippen MR) is 103 cm³/mol. The van der Waals surface area contributed by atoms with Gasteiger partial charge in [0.2, 0.25) is 0 Å². The van der Waals surface area contributed by atoms with E-state index in [-0.39, 0.29) is 10.6 Å². The molecule has 0 aliphatic carbocycles. The predicted octanol–water partition coefficient (Wildman–Crippen LogP) is 4.63. The summed E-state index contributed by atoms with van der Waals surface area (Å²) < 4.78 is 31.6. The Morgan fingerprint density at radius 3 is 1.80 bits per heavy atom. The standard InChI is InChI=1S/C18H16N2O3S2/c19-17-12-11-16(13-18(17)24-25(21,22)23)20(14-7-3-1-4-8-14)15-9-5-2-6-10-15/h1-13H,19H2,(H,21,22,23). The minimum atomic E-state index is -4.25. The number of hydrogen-bond acceptors (Lipinski definition) is 5. The van der Waals surface area contributed by atoms with Crippen LogP contribution in [-0.4, -0.2) is 13.0 Å². The average molecular weight is 372 g/mol. The summed E-state index contributed by atoms with van der Waals surface area (Å²) >= 11 is 0. The number of rotatable bonds is 5. The van der Waals surface area contributed by atoms with E-state index in [0.717, 1.165) is 17.1 Å². The van der Waals surface area contributed by atoms with Crippen LogP contribution in [0.4, 0.5) is 22.7 Å². The van der Waals surface area contributed by atoms with E-state index in [4.69, 9.17) is 10.3 Å². The van der Waals surface area contributed by atoms with E-state index in [0.29, 0.717) is 10.8 Å². The first-order valence-corrected chi connectivity index (χ1v) is 10.2. The van der Waals surface area contributed by atoms with Gasteiger partial charge in [0.1, 0.15) is 0 Å². The summed E-state index contributed by atoms with van der Waals surface area (Å²) in [5, 5.41) is 0. The van der Waals surface area contributed by atoms with Crippen LogP contribution in [0.3, 0.4) is 0 Å². The molecular weight excluding hydrogens is 356 g/mol. The van der Waals surface area contributed by atoms with Crippen LogP contribution < -0.4 is 10.6 Å². The Kier molecular flexibility index (Phi) is 4.98. The van der Waals surface area contributed by atoms with E-state index in [1.165, 1.54) is 0 Å². The lowest BCUT2D eigenvalue weighted by Gasteiger charge is -2.26. The largest absolute Gasteiger partial charge is 0.398 e. The van der Waals surface area contributed by atoms with E-state index in [2.05, 4.69) is 0 Å². The smallest absolute Gasteiger partial charge is 0.324 e. The van der Waals surface area contributed by atoms with Gasteiger partial charge in [-0.25, -0.2) is 0 Å². The van der Waals surface area contributed by atoms with Crippen LogP contribution in [0.25, 0.3) is 0 Å². The average Bonchev–Trinajstić information content (AvgIpc) is 2.59. The topological polar surface area (TPSA) is 83.6 Å². The first kappa shape index (κ1) is 17.3. The van der Waals surface area contributed by atoms with E-state index < -0.39 is 9.15 Å². The molecule has 0 fully saturated rings. The highest BCUT2D eigenvalue weighted by atomic mass is 33.1. The Hall–Kier alpha value is -2.48. The van der Waals surface area contributed by atoms with Gasteiger partial charge in [-0.3, -0.25) is 4.55 Å². The molecule has 0 heterocycles. The summed E-state index contributed by atoms with van der Waals surface area (Å²) in [4.78, 5) is 2.25. The molecule has 0 aliphatic rings. The molecule has 0 radical (unpaired) electrons. The second kappa shape index (κ2) is 7.18. The minimum Gasteiger partial charge on any atom is -0.398 e. The lowest BCUT2D eigenvalue weighted by Crippen LogP contribution is -2.10. The zero-order chi connectivity index (χ0) is 17.9. The molecule has 0 aromatic heterocycles. The van der Waals surface area contributed by atoms with Crippen molar-refractivity contribution in [1.82, 2.24) is 0 Å². The molecule has 3 N–H and O–H groups in total. The number of anilines is 4. The minimum absolute atomic E-state index is 0.275. The summed E-state index contributed by atoms with van der Waals surface area (Å²) in [6.07, 6.45) is 0. The normalized spacial score (nSPS) is 11.2. The maximum absolute atomic E-state index is 11.2. The van der Waals surface area contributed by atoms with Gasteiger partial charge >= 0.3 is 9.15 Å². The number of para-hydroxylation sites is 2. The molecule has 128 valence electrons. The molecule has 0 spiro atoms. The fourth-order valence-corrected chi connectivity index (χ4v) is 4.12. The Morgan fingerprint density at radius 1 is 0.800 bits per heavy atom. The Morgan fingerprint density at radius 2 is 1.32 bits per heavy atom. The zero-order valence-corrected chi connectivity index (χ0v) is 14.7. The van der Waals surface area contributed by atoms with Crippen molar-refractivity contribution >= 4 is 42.7 Å². The maximum Gasteiger partial charge on any atom is 0.324 e. The van der Waals surface area contributed by atoms with Crippen LogP contribution in [0.1, 0.15) is 0 Å². The summed E-state index contributed by atoms with van der Waals surface area (Å²) in [6.45, 7) is 0. The molecule has 3 aromatic carbocycles. The molecule has 3 rings (SSSR count). The third kappa shape index (κ3) is 4.33. The highest BCUT2D eigenvalue weighted by Gasteiger charge is 2.16. The molecule has 0 saturated heterocycles. The van der Waals surface area contributed by atoms with Crippen molar-refractivity contribution < 1.29 is 13.0 Å². The van der Waals surface area contributed by atoms with Gasteiger partial charge in [-0.1, -0.05) is 36.4 Å². The van der Waals surface area contributed by atoms with Gasteiger partial charge in [0.15, 0.2) is 0 Å². The van der Waals surface area contributed by atoms with Crippen molar-refractivity contribution in [3.63, 3.8) is 0 Å². The zero-order valence-electron chi connectivity index (χ0n) is 13.1. The van der Waals surface area contributed by atoms with Crippen molar-refractivity contribution in [2.24, 2.45) is 0 Å². The number of nitrogens with two attached hydrogens (primary N) is 1. The van der Waals surface area contributed by atoms with Crippen molar-refractivity contribution in [1.29, 1.82) is 0 Å². The Bertz CT molecular complexity index is 923. The number of nitrogens with zero attached hydrogens (tertiary/aromatic N) is 1. The molecule has 0 atom stereocenters. The van der Waals surface area contributed by atoms with E-state index >= 15 is 0 Å². The molecular formula is C18H16N2O3S2. The highest BCUT2D eigenvalue weighted by molar-refractivity contribution is 8.70. The number of hydrogen-bond donors (Lipinski definition) is 2. The van der Waals surface area contributed by atoms with Crippen molar-refractivity contribution in [3.05, 3.63) is 78.9 Å². The number of nitrogen functional groups attached to an aromatic ring is 1. The Balaban J connectivity index is 2.13. The fraction of sp³-hybridized carbons (Fsp3) is 0. The van der Waals surface area contributed by atoms with Crippen molar-refractivity contribution in [2.75, 3.05) is 10.6 Å². The van der Waals surface area contributed by atoms with Gasteiger partial charge in [-0.15, -0.1) is 0 Å². The van der Waals surface area contributed by atoms with Crippen LogP contribution in [0.2, 0.25) is 0 Å². The molecule has 0 amide bonds. The molecule has 7 heteroatoms. The van der Waals surface area contributed by atoms with Gasteiger partial charge in [-0.05, 0) is 42.5 Å². The third-order valence-electron chi connectivity index (χ3n) is 3.48. The van der Waals surface area contributed by atoms with Crippen molar-refractivity contribution in [2.45, 2.75) is 4.90 Å². The van der Waals surface area contributed by atoms with E-state index in [1.807, 2.05) is 71.6 Å². The van der Waals surface area contributed by atoms with Gasteiger partial charge in [0.05, 0.1) is 4.90 Å². The van der Waals surface area contributed by atoms with Gasteiger partial charge in [-0.2, -0.15) is 8.42 Å². The Labute approximate surface area is 150 Å². The number of benzene rings is 3. The molecule has 0 saturated carbocycles. The summed E-state index contributed by atoms with van der Waals surface area (Å²) in [5.74, 6) is 0. The maximum atomic E-state index is 11.2. The van der Waals surface area contributed by atoms with E-state index in [1.54, 1.807) is 12.1 Å². The molecule has 0 bridgehead atoms. The quantitative estimate of drug-likeness (QED) is 0.386. The summed E-state index contributed by atoms with van der Waals surface area (Å²) in [7, 11) is -3.93. The second-order valence-corrected chi connectivity index (χ2v) is 8.47. The lowest BCUT2D eigenvalue weighted by molar-refractivity contribution is 0.503. The fourth-order valence-electron chi connectivity index (χ4n) is 2.45. The van der Waals surface area contributed by atoms with E-state index in [9.17, 15) is 8.42 Å². The third-order valence-corrected chi connectivity index (χ3v) is 5.39. The first-order valence-electron chi connectivity index (χ1n) is 7.41. The molecule has 0 unspecified atom stereocenters. The summed E-state index contributed by atoms with van der Waals surface area (Å²) in [5.41, 5.74) is 8.71. The van der Waals surface area contributed by atoms with Crippen LogP contribution >= 0.6 is 10.8 Å². The summed E-state index contributed by atoms with van der Waals surface area (Å²) in [6, 6.07) is 24.5. The molecule has 25 heavy (non-hydrogen) atoms. The highest BCUT2D eigenvalue weighted by Crippen LogP contribution is 2.38. The van der Waals surface area contributed by atoms with Gasteiger partial charge in [0, 0.05) is 33.5 Å². The second-order valence-electron chi connectivity index (χ2n) is 5.24. The van der Waals surface area contributed by atoms with Crippen LogP contribution in [0.15, 0.2) is 83.8 Å². The molecule has 5 nitrogen and oxygen atoms in total. The molecule has 3 aromatic rings. The van der Waals surface area contributed by atoms with Crippen LogP contribution in [0.5, 0.6) is 0 Å². The van der Waals surface area contributed by atoms with Gasteiger partial charge < -0.3 is 10.6 Å². The lowest BCUT2D eigenvalue weighted by atomic mass is 10.2. The molecule has 0 aliphatic heterocycles.